The van der Waals surface area contributed by atoms with E-state index < -0.39 is 17.9 Å². The number of methoxy groups -OCH3 is 2. The first-order valence-corrected chi connectivity index (χ1v) is 10.9. The second-order valence-corrected chi connectivity index (χ2v) is 7.85. The molecule has 0 bridgehead atoms. The average molecular weight is 464 g/mol. The van der Waals surface area contributed by atoms with E-state index in [1.54, 1.807) is 55.5 Å². The number of urea groups is 1. The Morgan fingerprint density at radius 1 is 1.00 bits per heavy atom. The zero-order chi connectivity index (χ0) is 24.1. The van der Waals surface area contributed by atoms with Crippen LogP contribution in [0.5, 0.6) is 11.5 Å². The standard InChI is InChI=1S/C26H26FN3O4/c1-33-23-14-18-12-13-30(26(32)29-21-11-7-6-10-20(21)27)22(19(18)15-24(23)34-2)16-28-25(31)17-8-4-3-5-9-17/h3-11,14-15,22H,12-13,16H2,1-2H3,(H,28,31)(H,29,32). The molecule has 1 heterocycles. The van der Waals surface area contributed by atoms with E-state index >= 15 is 0 Å². The van der Waals surface area contributed by atoms with Crippen molar-refractivity contribution in [3.8, 4) is 11.5 Å². The highest BCUT2D eigenvalue weighted by atomic mass is 19.1. The number of nitrogens with one attached hydrogen (secondary N) is 2. The third-order valence-corrected chi connectivity index (χ3v) is 5.87. The highest BCUT2D eigenvalue weighted by Gasteiger charge is 2.33. The molecule has 7 nitrogen and oxygen atoms in total. The van der Waals surface area contributed by atoms with Crippen LogP contribution < -0.4 is 20.1 Å². The van der Waals surface area contributed by atoms with Gasteiger partial charge in [-0.1, -0.05) is 30.3 Å². The molecule has 0 radical (unpaired) electrons. The number of fused-ring (bicyclic) bond motifs is 1. The van der Waals surface area contributed by atoms with Gasteiger partial charge in [-0.15, -0.1) is 0 Å². The van der Waals surface area contributed by atoms with Gasteiger partial charge in [0.2, 0.25) is 0 Å². The minimum Gasteiger partial charge on any atom is -0.493 e. The van der Waals surface area contributed by atoms with Crippen molar-refractivity contribution in [2.75, 3.05) is 32.6 Å². The highest BCUT2D eigenvalue weighted by molar-refractivity contribution is 5.94. The van der Waals surface area contributed by atoms with Crippen molar-refractivity contribution < 1.29 is 23.5 Å². The molecule has 0 fully saturated rings. The van der Waals surface area contributed by atoms with Crippen molar-refractivity contribution in [2.24, 2.45) is 0 Å². The van der Waals surface area contributed by atoms with Crippen LogP contribution in [0, 0.1) is 5.82 Å². The summed E-state index contributed by atoms with van der Waals surface area (Å²) < 4.78 is 25.1. The fraction of sp³-hybridized carbons (Fsp3) is 0.231. The van der Waals surface area contributed by atoms with Crippen molar-refractivity contribution in [1.29, 1.82) is 0 Å². The van der Waals surface area contributed by atoms with Gasteiger partial charge in [-0.25, -0.2) is 9.18 Å². The predicted octanol–water partition coefficient (Wildman–Crippen LogP) is 4.40. The fourth-order valence-corrected chi connectivity index (χ4v) is 4.12. The molecule has 34 heavy (non-hydrogen) atoms. The van der Waals surface area contributed by atoms with Crippen LogP contribution in [0.4, 0.5) is 14.9 Å². The number of amides is 3. The molecule has 0 aromatic heterocycles. The molecule has 3 amide bonds. The van der Waals surface area contributed by atoms with E-state index in [2.05, 4.69) is 10.6 Å². The third-order valence-electron chi connectivity index (χ3n) is 5.87. The first-order chi connectivity index (χ1) is 16.5. The van der Waals surface area contributed by atoms with E-state index in [9.17, 15) is 14.0 Å². The lowest BCUT2D eigenvalue weighted by atomic mass is 9.91. The Hall–Kier alpha value is -4.07. The van der Waals surface area contributed by atoms with Crippen molar-refractivity contribution in [1.82, 2.24) is 10.2 Å². The third kappa shape index (κ3) is 4.80. The highest BCUT2D eigenvalue weighted by Crippen LogP contribution is 2.38. The zero-order valence-corrected chi connectivity index (χ0v) is 19.0. The summed E-state index contributed by atoms with van der Waals surface area (Å²) in [5.41, 5.74) is 2.44. The van der Waals surface area contributed by atoms with Gasteiger partial charge < -0.3 is 25.0 Å². The van der Waals surface area contributed by atoms with E-state index in [1.807, 2.05) is 18.2 Å². The Labute approximate surface area is 197 Å². The summed E-state index contributed by atoms with van der Waals surface area (Å²) in [7, 11) is 3.11. The molecule has 1 aliphatic heterocycles. The van der Waals surface area contributed by atoms with Gasteiger partial charge in [0, 0.05) is 18.7 Å². The summed E-state index contributed by atoms with van der Waals surface area (Å²) in [4.78, 5) is 27.5. The van der Waals surface area contributed by atoms with E-state index in [1.165, 1.54) is 12.1 Å². The lowest BCUT2D eigenvalue weighted by Crippen LogP contribution is -2.47. The summed E-state index contributed by atoms with van der Waals surface area (Å²) in [6.07, 6.45) is 0.573. The Kier molecular flexibility index (Phi) is 6.96. The first-order valence-electron chi connectivity index (χ1n) is 10.9. The second kappa shape index (κ2) is 10.2. The Morgan fingerprint density at radius 3 is 2.38 bits per heavy atom. The molecule has 1 aliphatic rings. The molecule has 176 valence electrons. The van der Waals surface area contributed by atoms with Gasteiger partial charge >= 0.3 is 6.03 Å². The minimum absolute atomic E-state index is 0.0951. The van der Waals surface area contributed by atoms with Gasteiger partial charge in [-0.05, 0) is 53.9 Å². The van der Waals surface area contributed by atoms with Gasteiger partial charge in [-0.2, -0.15) is 0 Å². The van der Waals surface area contributed by atoms with Crippen molar-refractivity contribution in [3.63, 3.8) is 0 Å². The number of nitrogens with zero attached hydrogens (tertiary/aromatic N) is 1. The lowest BCUT2D eigenvalue weighted by molar-refractivity contribution is 0.0936. The summed E-state index contributed by atoms with van der Waals surface area (Å²) in [6, 6.07) is 17.6. The van der Waals surface area contributed by atoms with Crippen molar-refractivity contribution in [3.05, 3.63) is 89.2 Å². The number of carbonyl (C=O) groups is 2. The van der Waals surface area contributed by atoms with Crippen LogP contribution >= 0.6 is 0 Å². The number of benzene rings is 3. The van der Waals surface area contributed by atoms with E-state index in [0.717, 1.165) is 11.1 Å². The SMILES string of the molecule is COc1cc2c(cc1OC)C(CNC(=O)c1ccccc1)N(C(=O)Nc1ccccc1F)CC2. The summed E-state index contributed by atoms with van der Waals surface area (Å²) in [5, 5.41) is 5.58. The van der Waals surface area contributed by atoms with Crippen LogP contribution in [0.1, 0.15) is 27.5 Å². The lowest BCUT2D eigenvalue weighted by Gasteiger charge is -2.38. The van der Waals surface area contributed by atoms with Gasteiger partial charge in [0.1, 0.15) is 5.82 Å². The van der Waals surface area contributed by atoms with Crippen LogP contribution in [0.15, 0.2) is 66.7 Å². The quantitative estimate of drug-likeness (QED) is 0.568. The number of hydrogen-bond acceptors (Lipinski definition) is 4. The molecule has 1 unspecified atom stereocenters. The maximum absolute atomic E-state index is 14.2. The normalized spacial score (nSPS) is 14.7. The van der Waals surface area contributed by atoms with Crippen LogP contribution in [0.25, 0.3) is 0 Å². The number of hydrogen-bond donors (Lipinski definition) is 2. The fourth-order valence-electron chi connectivity index (χ4n) is 4.12. The average Bonchev–Trinajstić information content (AvgIpc) is 2.87. The zero-order valence-electron chi connectivity index (χ0n) is 19.0. The number of ether oxygens (including phenoxy) is 2. The molecule has 8 heteroatoms. The molecule has 3 aromatic rings. The summed E-state index contributed by atoms with van der Waals surface area (Å²) >= 11 is 0. The van der Waals surface area contributed by atoms with Gasteiger partial charge in [0.05, 0.1) is 25.9 Å². The number of para-hydroxylation sites is 1. The topological polar surface area (TPSA) is 79.9 Å². The largest absolute Gasteiger partial charge is 0.493 e. The molecule has 0 aliphatic carbocycles. The van der Waals surface area contributed by atoms with Crippen molar-refractivity contribution >= 4 is 17.6 Å². The van der Waals surface area contributed by atoms with Gasteiger partial charge in [-0.3, -0.25) is 4.79 Å². The smallest absolute Gasteiger partial charge is 0.322 e. The summed E-state index contributed by atoms with van der Waals surface area (Å²) in [6.45, 7) is 0.551. The second-order valence-electron chi connectivity index (χ2n) is 7.85. The van der Waals surface area contributed by atoms with Crippen molar-refractivity contribution in [2.45, 2.75) is 12.5 Å². The number of rotatable bonds is 6. The molecule has 0 saturated heterocycles. The first kappa shape index (κ1) is 23.1. The van der Waals surface area contributed by atoms with Gasteiger partial charge in [0.15, 0.2) is 11.5 Å². The van der Waals surface area contributed by atoms with Gasteiger partial charge in [0.25, 0.3) is 5.91 Å². The van der Waals surface area contributed by atoms with Crippen LogP contribution in [0.3, 0.4) is 0 Å². The maximum atomic E-state index is 14.2. The number of anilines is 1. The van der Waals surface area contributed by atoms with E-state index in [0.29, 0.717) is 30.0 Å². The Morgan fingerprint density at radius 2 is 1.68 bits per heavy atom. The summed E-state index contributed by atoms with van der Waals surface area (Å²) in [5.74, 6) is 0.353. The molecule has 0 spiro atoms. The monoisotopic (exact) mass is 463 g/mol. The van der Waals surface area contributed by atoms with E-state index in [4.69, 9.17) is 9.47 Å². The molecule has 2 N–H and O–H groups in total. The molecular formula is C26H26FN3O4. The molecule has 1 atom stereocenters. The molecule has 3 aromatic carbocycles. The Balaban J connectivity index is 1.64. The Bertz CT molecular complexity index is 1190. The van der Waals surface area contributed by atoms with Crippen LogP contribution in [-0.2, 0) is 6.42 Å². The van der Waals surface area contributed by atoms with E-state index in [-0.39, 0.29) is 18.1 Å². The molecule has 0 saturated carbocycles. The number of halogens is 1. The van der Waals surface area contributed by atoms with Crippen LogP contribution in [-0.4, -0.2) is 44.1 Å². The maximum Gasteiger partial charge on any atom is 0.322 e. The molecule has 4 rings (SSSR count). The predicted molar refractivity (Wildman–Crippen MR) is 127 cm³/mol. The van der Waals surface area contributed by atoms with Crippen LogP contribution in [0.2, 0.25) is 0 Å². The molecular weight excluding hydrogens is 437 g/mol. The number of carbonyl (C=O) groups excluding carboxylic acids is 2. The minimum atomic E-state index is -0.520.